The van der Waals surface area contributed by atoms with Crippen LogP contribution in [0.25, 0.3) is 0 Å². The summed E-state index contributed by atoms with van der Waals surface area (Å²) in [5.74, 6) is 0. The normalized spacial score (nSPS) is 14.4. The molecular formula is C18H13ClF6N4O2. The van der Waals surface area contributed by atoms with E-state index in [1.165, 1.54) is 0 Å². The molecule has 4 amide bonds. The van der Waals surface area contributed by atoms with Crippen molar-refractivity contribution in [1.82, 2.24) is 5.32 Å². The summed E-state index contributed by atoms with van der Waals surface area (Å²) in [4.78, 5) is 25.0. The topological polar surface area (TPSA) is 73.5 Å². The Balaban J connectivity index is 1.85. The molecule has 0 spiro atoms. The van der Waals surface area contributed by atoms with E-state index in [1.54, 1.807) is 0 Å². The molecule has 1 saturated heterocycles. The zero-order valence-corrected chi connectivity index (χ0v) is 16.0. The van der Waals surface area contributed by atoms with E-state index in [-0.39, 0.29) is 30.2 Å². The van der Waals surface area contributed by atoms with Crippen LogP contribution in [0.5, 0.6) is 0 Å². The number of nitrogens with zero attached hydrogens (tertiary/aromatic N) is 1. The molecule has 2 aromatic rings. The fraction of sp³-hybridized carbons (Fsp3) is 0.222. The smallest absolute Gasteiger partial charge is 0.336 e. The maximum absolute atomic E-state index is 13.2. The van der Waals surface area contributed by atoms with Crippen LogP contribution >= 0.6 is 11.6 Å². The van der Waals surface area contributed by atoms with E-state index in [4.69, 9.17) is 11.6 Å². The van der Waals surface area contributed by atoms with Gasteiger partial charge in [-0.25, -0.2) is 9.59 Å². The van der Waals surface area contributed by atoms with Crippen molar-refractivity contribution < 1.29 is 35.9 Å². The molecular weight excluding hydrogens is 454 g/mol. The zero-order chi connectivity index (χ0) is 23.0. The molecule has 31 heavy (non-hydrogen) atoms. The number of anilines is 3. The minimum Gasteiger partial charge on any atom is -0.336 e. The number of amides is 4. The molecule has 0 radical (unpaired) electrons. The van der Waals surface area contributed by atoms with E-state index in [2.05, 4.69) is 16.0 Å². The molecule has 13 heteroatoms. The largest absolute Gasteiger partial charge is 0.417 e. The van der Waals surface area contributed by atoms with Crippen LogP contribution in [0.3, 0.4) is 0 Å². The monoisotopic (exact) mass is 466 g/mol. The van der Waals surface area contributed by atoms with Crippen LogP contribution in [0.15, 0.2) is 36.4 Å². The summed E-state index contributed by atoms with van der Waals surface area (Å²) in [7, 11) is 0. The van der Waals surface area contributed by atoms with Crippen molar-refractivity contribution in [2.45, 2.75) is 12.4 Å². The minimum absolute atomic E-state index is 0.106. The van der Waals surface area contributed by atoms with Gasteiger partial charge >= 0.3 is 24.4 Å². The highest BCUT2D eigenvalue weighted by molar-refractivity contribution is 6.31. The van der Waals surface area contributed by atoms with E-state index in [9.17, 15) is 35.9 Å². The molecule has 0 bridgehead atoms. The number of benzene rings is 2. The number of hydrogen-bond donors (Lipinski definition) is 3. The fourth-order valence-corrected chi connectivity index (χ4v) is 3.06. The fourth-order valence-electron chi connectivity index (χ4n) is 2.83. The maximum atomic E-state index is 13.2. The summed E-state index contributed by atoms with van der Waals surface area (Å²) in [6, 6.07) is 3.46. The van der Waals surface area contributed by atoms with Gasteiger partial charge in [0.2, 0.25) is 0 Å². The lowest BCUT2D eigenvalue weighted by atomic mass is 10.1. The van der Waals surface area contributed by atoms with Crippen molar-refractivity contribution in [1.29, 1.82) is 0 Å². The molecule has 0 atom stereocenters. The van der Waals surface area contributed by atoms with Gasteiger partial charge in [-0.15, -0.1) is 0 Å². The average molecular weight is 467 g/mol. The van der Waals surface area contributed by atoms with Gasteiger partial charge in [0, 0.05) is 30.2 Å². The lowest BCUT2D eigenvalue weighted by Crippen LogP contribution is -2.28. The van der Waals surface area contributed by atoms with Crippen LogP contribution in [0, 0.1) is 0 Å². The lowest BCUT2D eigenvalue weighted by molar-refractivity contribution is -0.138. The van der Waals surface area contributed by atoms with Gasteiger partial charge in [0.15, 0.2) is 0 Å². The second-order valence-electron chi connectivity index (χ2n) is 6.42. The number of urea groups is 2. The Kier molecular flexibility index (Phi) is 5.94. The van der Waals surface area contributed by atoms with E-state index in [1.807, 2.05) is 0 Å². The van der Waals surface area contributed by atoms with Gasteiger partial charge in [-0.1, -0.05) is 11.6 Å². The number of carbonyl (C=O) groups is 2. The number of alkyl halides is 6. The van der Waals surface area contributed by atoms with E-state index >= 15 is 0 Å². The summed E-state index contributed by atoms with van der Waals surface area (Å²) < 4.78 is 78.5. The number of nitrogens with one attached hydrogen (secondary N) is 3. The second-order valence-corrected chi connectivity index (χ2v) is 6.83. The molecule has 166 valence electrons. The summed E-state index contributed by atoms with van der Waals surface area (Å²) >= 11 is 5.51. The van der Waals surface area contributed by atoms with Gasteiger partial charge in [0.25, 0.3) is 0 Å². The van der Waals surface area contributed by atoms with Crippen molar-refractivity contribution in [3.05, 3.63) is 52.5 Å². The van der Waals surface area contributed by atoms with Crippen molar-refractivity contribution in [3.63, 3.8) is 0 Å². The lowest BCUT2D eigenvalue weighted by Gasteiger charge is -2.19. The van der Waals surface area contributed by atoms with Crippen molar-refractivity contribution in [2.75, 3.05) is 28.6 Å². The number of halogens is 7. The standard InChI is InChI=1S/C18H13ClF6N4O2/c19-14-2-1-10(8-13(14)18(23,24)25)27-15(30)28-11-5-9(17(20,21)22)6-12(7-11)29-4-3-26-16(29)31/h1-2,5-8H,3-4H2,(H,26,31)(H2,27,28,30). The highest BCUT2D eigenvalue weighted by atomic mass is 35.5. The van der Waals surface area contributed by atoms with Crippen LogP contribution in [0.1, 0.15) is 11.1 Å². The summed E-state index contributed by atoms with van der Waals surface area (Å²) in [5.41, 5.74) is -3.00. The van der Waals surface area contributed by atoms with Crippen molar-refractivity contribution in [2.24, 2.45) is 0 Å². The highest BCUT2D eigenvalue weighted by Crippen LogP contribution is 2.37. The first kappa shape index (κ1) is 22.5. The van der Waals surface area contributed by atoms with Gasteiger partial charge in [-0.05, 0) is 36.4 Å². The number of hydrogen-bond acceptors (Lipinski definition) is 2. The number of rotatable bonds is 3. The van der Waals surface area contributed by atoms with Crippen molar-refractivity contribution in [3.8, 4) is 0 Å². The van der Waals surface area contributed by atoms with E-state index < -0.39 is 40.6 Å². The van der Waals surface area contributed by atoms with Gasteiger partial charge in [0.05, 0.1) is 16.1 Å². The minimum atomic E-state index is -4.77. The molecule has 1 fully saturated rings. The molecule has 3 N–H and O–H groups in total. The second kappa shape index (κ2) is 8.17. The Hall–Kier alpha value is -3.15. The quantitative estimate of drug-likeness (QED) is 0.519. The molecule has 6 nitrogen and oxygen atoms in total. The molecule has 2 aromatic carbocycles. The van der Waals surface area contributed by atoms with Gasteiger partial charge < -0.3 is 16.0 Å². The van der Waals surface area contributed by atoms with Crippen LogP contribution in [-0.2, 0) is 12.4 Å². The molecule has 1 heterocycles. The first-order chi connectivity index (χ1) is 14.3. The van der Waals surface area contributed by atoms with E-state index in [0.29, 0.717) is 12.1 Å². The molecule has 1 aliphatic rings. The predicted molar refractivity (Wildman–Crippen MR) is 101 cm³/mol. The van der Waals surface area contributed by atoms with Crippen LogP contribution in [0.2, 0.25) is 5.02 Å². The van der Waals surface area contributed by atoms with Gasteiger partial charge in [-0.2, -0.15) is 26.3 Å². The Morgan fingerprint density at radius 1 is 0.968 bits per heavy atom. The molecule has 0 unspecified atom stereocenters. The first-order valence-electron chi connectivity index (χ1n) is 8.57. The zero-order valence-electron chi connectivity index (χ0n) is 15.3. The average Bonchev–Trinajstić information content (AvgIpc) is 3.07. The van der Waals surface area contributed by atoms with Gasteiger partial charge in [0.1, 0.15) is 0 Å². The first-order valence-corrected chi connectivity index (χ1v) is 8.95. The Morgan fingerprint density at radius 2 is 1.65 bits per heavy atom. The summed E-state index contributed by atoms with van der Waals surface area (Å²) in [6.07, 6.45) is -9.53. The molecule has 1 aliphatic heterocycles. The Labute approximate surface area is 176 Å². The Morgan fingerprint density at radius 3 is 2.23 bits per heavy atom. The van der Waals surface area contributed by atoms with Crippen LogP contribution in [-0.4, -0.2) is 25.2 Å². The third-order valence-corrected chi connectivity index (χ3v) is 4.53. The van der Waals surface area contributed by atoms with Crippen molar-refractivity contribution >= 4 is 40.7 Å². The molecule has 0 aromatic heterocycles. The summed E-state index contributed by atoms with van der Waals surface area (Å²) in [5, 5.41) is 6.10. The van der Waals surface area contributed by atoms with Gasteiger partial charge in [-0.3, -0.25) is 4.90 Å². The highest BCUT2D eigenvalue weighted by Gasteiger charge is 2.34. The SMILES string of the molecule is O=C(Nc1cc(N2CCNC2=O)cc(C(F)(F)F)c1)Nc1ccc(Cl)c(C(F)(F)F)c1. The Bertz CT molecular complexity index is 1030. The maximum Gasteiger partial charge on any atom is 0.417 e. The molecule has 3 rings (SSSR count). The third kappa shape index (κ3) is 5.32. The molecule has 0 saturated carbocycles. The van der Waals surface area contributed by atoms with Crippen LogP contribution < -0.4 is 20.9 Å². The van der Waals surface area contributed by atoms with E-state index in [0.717, 1.165) is 29.2 Å². The predicted octanol–water partition coefficient (Wildman–Crippen LogP) is 5.55. The summed E-state index contributed by atoms with van der Waals surface area (Å²) in [6.45, 7) is 0.354. The van der Waals surface area contributed by atoms with Crippen LogP contribution in [0.4, 0.5) is 53.0 Å². The third-order valence-electron chi connectivity index (χ3n) is 4.20. The molecule has 0 aliphatic carbocycles. The number of carbonyl (C=O) groups excluding carboxylic acids is 2.